The molecule has 1 atom stereocenters. The van der Waals surface area contributed by atoms with Crippen LogP contribution in [0, 0.1) is 0 Å². The number of thiocarbonyl (C=S) groups is 1. The molecule has 1 aromatic rings. The first-order valence-electron chi connectivity index (χ1n) is 5.60. The van der Waals surface area contributed by atoms with Gasteiger partial charge in [-0.25, -0.2) is 0 Å². The highest BCUT2D eigenvalue weighted by atomic mass is 35.5. The van der Waals surface area contributed by atoms with E-state index in [4.69, 9.17) is 34.3 Å². The molecule has 0 spiro atoms. The van der Waals surface area contributed by atoms with Crippen molar-refractivity contribution in [3.05, 3.63) is 28.8 Å². The molecule has 92 valence electrons. The monoisotopic (exact) mass is 270 g/mol. The van der Waals surface area contributed by atoms with E-state index in [0.29, 0.717) is 21.6 Å². The number of benzene rings is 1. The summed E-state index contributed by atoms with van der Waals surface area (Å²) in [5, 5.41) is 3.98. The summed E-state index contributed by atoms with van der Waals surface area (Å²) in [6, 6.07) is 5.99. The fraction of sp³-hybridized carbons (Fsp3) is 0.417. The second kappa shape index (κ2) is 5.67. The Morgan fingerprint density at radius 2 is 2.35 bits per heavy atom. The topological polar surface area (TPSA) is 47.3 Å². The van der Waals surface area contributed by atoms with Crippen LogP contribution in [0.25, 0.3) is 0 Å². The van der Waals surface area contributed by atoms with Crippen LogP contribution < -0.4 is 11.1 Å². The molecule has 1 unspecified atom stereocenters. The average Bonchev–Trinajstić information content (AvgIpc) is 2.30. The Bertz CT molecular complexity index is 419. The molecule has 0 amide bonds. The largest absolute Gasteiger partial charge is 0.389 e. The number of ether oxygens (including phenoxy) is 1. The minimum absolute atomic E-state index is 0.322. The normalized spacial score (nSPS) is 19.9. The van der Waals surface area contributed by atoms with Crippen LogP contribution in [0.1, 0.15) is 18.4 Å². The minimum atomic E-state index is 0.322. The summed E-state index contributed by atoms with van der Waals surface area (Å²) in [6.45, 7) is 1.61. The van der Waals surface area contributed by atoms with Crippen LogP contribution in [0.2, 0.25) is 5.02 Å². The number of anilines is 1. The van der Waals surface area contributed by atoms with Crippen LogP contribution in [0.5, 0.6) is 0 Å². The Morgan fingerprint density at radius 3 is 2.94 bits per heavy atom. The van der Waals surface area contributed by atoms with Gasteiger partial charge in [0.05, 0.1) is 11.6 Å². The SMILES string of the molecule is NC(=S)c1ccc(NC2CCCOC2)cc1Cl. The molecular weight excluding hydrogens is 256 g/mol. The molecular formula is C12H15ClN2OS. The van der Waals surface area contributed by atoms with Crippen LogP contribution in [-0.4, -0.2) is 24.2 Å². The zero-order chi connectivity index (χ0) is 12.3. The first-order chi connectivity index (χ1) is 8.16. The van der Waals surface area contributed by atoms with Crippen molar-refractivity contribution in [3.63, 3.8) is 0 Å². The number of nitrogens with one attached hydrogen (secondary N) is 1. The molecule has 3 N–H and O–H groups in total. The Hall–Kier alpha value is -0.840. The van der Waals surface area contributed by atoms with Gasteiger partial charge in [-0.2, -0.15) is 0 Å². The van der Waals surface area contributed by atoms with E-state index in [1.807, 2.05) is 18.2 Å². The smallest absolute Gasteiger partial charge is 0.105 e. The van der Waals surface area contributed by atoms with Gasteiger partial charge in [0.2, 0.25) is 0 Å². The van der Waals surface area contributed by atoms with Crippen LogP contribution in [0.4, 0.5) is 5.69 Å². The maximum absolute atomic E-state index is 6.10. The fourth-order valence-electron chi connectivity index (χ4n) is 1.89. The van der Waals surface area contributed by atoms with E-state index in [1.165, 1.54) is 0 Å². The molecule has 2 rings (SSSR count). The lowest BCUT2D eigenvalue weighted by molar-refractivity contribution is 0.0876. The molecule has 0 aromatic heterocycles. The van der Waals surface area contributed by atoms with E-state index in [9.17, 15) is 0 Å². The van der Waals surface area contributed by atoms with Gasteiger partial charge in [-0.3, -0.25) is 0 Å². The zero-order valence-corrected chi connectivity index (χ0v) is 11.0. The van der Waals surface area contributed by atoms with E-state index in [-0.39, 0.29) is 0 Å². The van der Waals surface area contributed by atoms with Gasteiger partial charge in [0.25, 0.3) is 0 Å². The number of hydrogen-bond acceptors (Lipinski definition) is 3. The molecule has 0 aliphatic carbocycles. The van der Waals surface area contributed by atoms with Crippen LogP contribution in [0.3, 0.4) is 0 Å². The van der Waals surface area contributed by atoms with Gasteiger partial charge in [0.15, 0.2) is 0 Å². The highest BCUT2D eigenvalue weighted by Gasteiger charge is 2.14. The van der Waals surface area contributed by atoms with E-state index < -0.39 is 0 Å². The van der Waals surface area contributed by atoms with Crippen molar-refractivity contribution in [2.75, 3.05) is 18.5 Å². The van der Waals surface area contributed by atoms with Gasteiger partial charge in [0, 0.05) is 23.9 Å². The van der Waals surface area contributed by atoms with Gasteiger partial charge in [-0.1, -0.05) is 23.8 Å². The summed E-state index contributed by atoms with van der Waals surface area (Å²) >= 11 is 11.0. The first-order valence-corrected chi connectivity index (χ1v) is 6.39. The second-order valence-electron chi connectivity index (χ2n) is 4.12. The molecule has 0 bridgehead atoms. The van der Waals surface area contributed by atoms with Crippen LogP contribution in [-0.2, 0) is 4.74 Å². The molecule has 1 aliphatic heterocycles. The lowest BCUT2D eigenvalue weighted by Crippen LogP contribution is -2.29. The Labute approximate surface area is 111 Å². The highest BCUT2D eigenvalue weighted by molar-refractivity contribution is 7.80. The number of halogens is 1. The molecule has 0 radical (unpaired) electrons. The van der Waals surface area contributed by atoms with Crippen LogP contribution in [0.15, 0.2) is 18.2 Å². The number of hydrogen-bond donors (Lipinski definition) is 2. The van der Waals surface area contributed by atoms with Crippen molar-refractivity contribution < 1.29 is 4.74 Å². The first kappa shape index (κ1) is 12.6. The summed E-state index contributed by atoms with van der Waals surface area (Å²) in [5.41, 5.74) is 7.25. The molecule has 17 heavy (non-hydrogen) atoms. The van der Waals surface area contributed by atoms with Gasteiger partial charge in [0.1, 0.15) is 4.99 Å². The molecule has 1 saturated heterocycles. The molecule has 3 nitrogen and oxygen atoms in total. The van der Waals surface area contributed by atoms with Gasteiger partial charge in [-0.15, -0.1) is 0 Å². The molecule has 1 heterocycles. The summed E-state index contributed by atoms with van der Waals surface area (Å²) in [4.78, 5) is 0.322. The van der Waals surface area contributed by atoms with Gasteiger partial charge >= 0.3 is 0 Å². The summed E-state index contributed by atoms with van der Waals surface area (Å²) in [7, 11) is 0. The van der Waals surface area contributed by atoms with E-state index >= 15 is 0 Å². The summed E-state index contributed by atoms with van der Waals surface area (Å²) in [5.74, 6) is 0. The third-order valence-electron chi connectivity index (χ3n) is 2.77. The van der Waals surface area contributed by atoms with Gasteiger partial charge < -0.3 is 15.8 Å². The predicted octanol–water partition coefficient (Wildman–Crippen LogP) is 2.57. The second-order valence-corrected chi connectivity index (χ2v) is 4.96. The van der Waals surface area contributed by atoms with E-state index in [1.54, 1.807) is 0 Å². The maximum atomic E-state index is 6.10. The summed E-state index contributed by atoms with van der Waals surface area (Å²) in [6.07, 6.45) is 2.21. The average molecular weight is 271 g/mol. The standard InChI is InChI=1S/C12H15ClN2OS/c13-11-6-8(3-4-10(11)12(14)17)15-9-2-1-5-16-7-9/h3-4,6,9,15H,1-2,5,7H2,(H2,14,17). The Kier molecular flexibility index (Phi) is 4.20. The predicted molar refractivity (Wildman–Crippen MR) is 74.8 cm³/mol. The Morgan fingerprint density at radius 1 is 1.53 bits per heavy atom. The fourth-order valence-corrected chi connectivity index (χ4v) is 2.41. The molecule has 0 saturated carbocycles. The van der Waals surface area contributed by atoms with E-state index in [2.05, 4.69) is 5.32 Å². The summed E-state index contributed by atoms with van der Waals surface area (Å²) < 4.78 is 5.41. The zero-order valence-electron chi connectivity index (χ0n) is 9.41. The van der Waals surface area contributed by atoms with Crippen molar-refractivity contribution in [2.45, 2.75) is 18.9 Å². The Balaban J connectivity index is 2.06. The van der Waals surface area contributed by atoms with Crippen molar-refractivity contribution >= 4 is 34.5 Å². The van der Waals surface area contributed by atoms with Crippen LogP contribution >= 0.6 is 23.8 Å². The van der Waals surface area contributed by atoms with Crippen molar-refractivity contribution in [3.8, 4) is 0 Å². The minimum Gasteiger partial charge on any atom is -0.389 e. The molecule has 5 heteroatoms. The highest BCUT2D eigenvalue weighted by Crippen LogP contribution is 2.22. The van der Waals surface area contributed by atoms with Crippen molar-refractivity contribution in [2.24, 2.45) is 5.73 Å². The third-order valence-corrected chi connectivity index (χ3v) is 3.30. The third kappa shape index (κ3) is 3.31. The van der Waals surface area contributed by atoms with E-state index in [0.717, 1.165) is 31.7 Å². The quantitative estimate of drug-likeness (QED) is 0.829. The molecule has 1 fully saturated rings. The molecule has 1 aromatic carbocycles. The van der Waals surface area contributed by atoms with Gasteiger partial charge in [-0.05, 0) is 31.0 Å². The van der Waals surface area contributed by atoms with Crippen molar-refractivity contribution in [1.29, 1.82) is 0 Å². The van der Waals surface area contributed by atoms with Crippen molar-refractivity contribution in [1.82, 2.24) is 0 Å². The lowest BCUT2D eigenvalue weighted by Gasteiger charge is -2.24. The maximum Gasteiger partial charge on any atom is 0.105 e. The number of rotatable bonds is 3. The number of nitrogens with two attached hydrogens (primary N) is 1. The lowest BCUT2D eigenvalue weighted by atomic mass is 10.1. The molecule has 1 aliphatic rings.